The van der Waals surface area contributed by atoms with Crippen LogP contribution < -0.4 is 5.06 Å². The highest BCUT2D eigenvalue weighted by Crippen LogP contribution is 2.32. The van der Waals surface area contributed by atoms with Crippen molar-refractivity contribution < 1.29 is 18.0 Å². The standard InChI is InChI=1S/C11H12F3NOS2/c1-3-18-10(17)15(16-2)9-6-4-5-8(7-9)11(12,13)14/h4-7H,3H2,1-2H3. The van der Waals surface area contributed by atoms with Crippen molar-refractivity contribution in [2.45, 2.75) is 13.1 Å². The van der Waals surface area contributed by atoms with Crippen LogP contribution in [-0.2, 0) is 11.0 Å². The first kappa shape index (κ1) is 15.3. The number of hydrogen-bond acceptors (Lipinski definition) is 3. The Balaban J connectivity index is 3.04. The molecule has 0 radical (unpaired) electrons. The first-order valence-electron chi connectivity index (χ1n) is 5.08. The summed E-state index contributed by atoms with van der Waals surface area (Å²) in [7, 11) is 1.36. The predicted molar refractivity (Wildman–Crippen MR) is 71.7 cm³/mol. The Labute approximate surface area is 113 Å². The summed E-state index contributed by atoms with van der Waals surface area (Å²) < 4.78 is 38.1. The minimum atomic E-state index is -4.38. The summed E-state index contributed by atoms with van der Waals surface area (Å²) in [6.07, 6.45) is -4.38. The second kappa shape index (κ2) is 6.40. The third kappa shape index (κ3) is 3.86. The lowest BCUT2D eigenvalue weighted by atomic mass is 10.2. The molecule has 0 aliphatic carbocycles. The molecule has 2 nitrogen and oxygen atoms in total. The average Bonchev–Trinajstić information content (AvgIpc) is 2.29. The normalized spacial score (nSPS) is 11.4. The molecule has 18 heavy (non-hydrogen) atoms. The van der Waals surface area contributed by atoms with Gasteiger partial charge in [-0.15, -0.1) is 0 Å². The van der Waals surface area contributed by atoms with Crippen molar-refractivity contribution in [2.75, 3.05) is 17.9 Å². The van der Waals surface area contributed by atoms with Gasteiger partial charge in [-0.2, -0.15) is 13.2 Å². The quantitative estimate of drug-likeness (QED) is 0.614. The molecule has 0 aliphatic rings. The van der Waals surface area contributed by atoms with Crippen molar-refractivity contribution >= 4 is 34.0 Å². The van der Waals surface area contributed by atoms with Gasteiger partial charge >= 0.3 is 6.18 Å². The second-order valence-corrected chi connectivity index (χ2v) is 5.12. The highest BCUT2D eigenvalue weighted by Gasteiger charge is 2.31. The zero-order chi connectivity index (χ0) is 13.8. The van der Waals surface area contributed by atoms with Crippen molar-refractivity contribution in [3.63, 3.8) is 0 Å². The van der Waals surface area contributed by atoms with Crippen LogP contribution >= 0.6 is 24.0 Å². The van der Waals surface area contributed by atoms with Gasteiger partial charge in [-0.25, -0.2) is 5.06 Å². The Morgan fingerprint density at radius 2 is 2.11 bits per heavy atom. The number of nitrogens with zero attached hydrogens (tertiary/aromatic N) is 1. The summed E-state index contributed by atoms with van der Waals surface area (Å²) >= 11 is 6.40. The second-order valence-electron chi connectivity index (χ2n) is 3.22. The van der Waals surface area contributed by atoms with Gasteiger partial charge in [0.15, 0.2) is 4.32 Å². The van der Waals surface area contributed by atoms with Crippen molar-refractivity contribution in [3.05, 3.63) is 29.8 Å². The van der Waals surface area contributed by atoms with Crippen LogP contribution in [0.4, 0.5) is 18.9 Å². The maximum absolute atomic E-state index is 12.6. The molecule has 1 aromatic rings. The van der Waals surface area contributed by atoms with E-state index in [-0.39, 0.29) is 5.69 Å². The van der Waals surface area contributed by atoms with Gasteiger partial charge in [0.2, 0.25) is 0 Å². The van der Waals surface area contributed by atoms with Crippen LogP contribution in [0, 0.1) is 0 Å². The van der Waals surface area contributed by atoms with E-state index < -0.39 is 11.7 Å². The number of alkyl halides is 3. The highest BCUT2D eigenvalue weighted by molar-refractivity contribution is 8.23. The third-order valence-corrected chi connectivity index (χ3v) is 3.25. The molecule has 0 unspecified atom stereocenters. The lowest BCUT2D eigenvalue weighted by molar-refractivity contribution is -0.137. The Bertz CT molecular complexity index is 423. The van der Waals surface area contributed by atoms with Crippen molar-refractivity contribution in [1.82, 2.24) is 0 Å². The molecule has 0 amide bonds. The van der Waals surface area contributed by atoms with Crippen molar-refractivity contribution in [3.8, 4) is 0 Å². The van der Waals surface area contributed by atoms with E-state index in [1.54, 1.807) is 0 Å². The largest absolute Gasteiger partial charge is 0.416 e. The number of hydrogen-bond donors (Lipinski definition) is 0. The summed E-state index contributed by atoms with van der Waals surface area (Å²) in [5, 5.41) is 1.21. The summed E-state index contributed by atoms with van der Waals surface area (Å²) in [4.78, 5) is 5.02. The number of anilines is 1. The van der Waals surface area contributed by atoms with Gasteiger partial charge < -0.3 is 0 Å². The molecule has 1 aromatic carbocycles. The minimum absolute atomic E-state index is 0.262. The van der Waals surface area contributed by atoms with Crippen molar-refractivity contribution in [1.29, 1.82) is 0 Å². The molecule has 0 aromatic heterocycles. The van der Waals surface area contributed by atoms with E-state index in [4.69, 9.17) is 17.1 Å². The maximum atomic E-state index is 12.6. The van der Waals surface area contributed by atoms with E-state index in [0.717, 1.165) is 17.9 Å². The Hall–Kier alpha value is -0.790. The van der Waals surface area contributed by atoms with Crippen LogP contribution in [0.15, 0.2) is 24.3 Å². The number of rotatable bonds is 3. The smallest absolute Gasteiger partial charge is 0.271 e. The molecular weight excluding hydrogens is 283 g/mol. The highest BCUT2D eigenvalue weighted by atomic mass is 32.2. The molecule has 1 rings (SSSR count). The SMILES string of the molecule is CCSC(=S)N(OC)c1cccc(C(F)(F)F)c1. The number of thioether (sulfide) groups is 1. The molecule has 0 saturated carbocycles. The van der Waals surface area contributed by atoms with Gasteiger partial charge in [0.05, 0.1) is 18.4 Å². The van der Waals surface area contributed by atoms with E-state index in [2.05, 4.69) is 0 Å². The predicted octanol–water partition coefficient (Wildman–Crippen LogP) is 4.11. The number of benzene rings is 1. The Morgan fingerprint density at radius 1 is 1.44 bits per heavy atom. The van der Waals surface area contributed by atoms with Gasteiger partial charge in [0.25, 0.3) is 0 Å². The molecule has 0 N–H and O–H groups in total. The molecule has 0 saturated heterocycles. The van der Waals surface area contributed by atoms with Crippen LogP contribution in [0.5, 0.6) is 0 Å². The van der Waals surface area contributed by atoms with E-state index in [1.807, 2.05) is 6.92 Å². The van der Waals surface area contributed by atoms with E-state index in [1.165, 1.54) is 36.1 Å². The maximum Gasteiger partial charge on any atom is 0.416 e. The molecule has 0 atom stereocenters. The van der Waals surface area contributed by atoms with Gasteiger partial charge in [0.1, 0.15) is 0 Å². The summed E-state index contributed by atoms with van der Waals surface area (Å²) in [5.74, 6) is 0.720. The van der Waals surface area contributed by atoms with E-state index in [9.17, 15) is 13.2 Å². The van der Waals surface area contributed by atoms with Crippen LogP contribution in [-0.4, -0.2) is 17.2 Å². The first-order valence-corrected chi connectivity index (χ1v) is 6.47. The van der Waals surface area contributed by atoms with Gasteiger partial charge in [-0.3, -0.25) is 4.84 Å². The Kier molecular flexibility index (Phi) is 5.43. The average molecular weight is 295 g/mol. The molecule has 0 fully saturated rings. The van der Waals surface area contributed by atoms with Crippen molar-refractivity contribution in [2.24, 2.45) is 0 Å². The molecule has 0 spiro atoms. The van der Waals surface area contributed by atoms with Crippen LogP contribution in [0.3, 0.4) is 0 Å². The molecule has 7 heteroatoms. The van der Waals surface area contributed by atoms with Crippen LogP contribution in [0.2, 0.25) is 0 Å². The zero-order valence-electron chi connectivity index (χ0n) is 9.82. The van der Waals surface area contributed by atoms with Crippen LogP contribution in [0.1, 0.15) is 12.5 Å². The molecule has 0 heterocycles. The zero-order valence-corrected chi connectivity index (χ0v) is 11.5. The number of hydroxylamine groups is 1. The summed E-state index contributed by atoms with van der Waals surface area (Å²) in [5.41, 5.74) is -0.468. The minimum Gasteiger partial charge on any atom is -0.271 e. The number of thiocarbonyl (C=S) groups is 1. The topological polar surface area (TPSA) is 12.5 Å². The van der Waals surface area contributed by atoms with Gasteiger partial charge in [-0.05, 0) is 36.2 Å². The first-order chi connectivity index (χ1) is 8.40. The summed E-state index contributed by atoms with van der Waals surface area (Å²) in [6, 6.07) is 4.85. The molecule has 0 bridgehead atoms. The van der Waals surface area contributed by atoms with E-state index >= 15 is 0 Å². The third-order valence-electron chi connectivity index (χ3n) is 2.02. The van der Waals surface area contributed by atoms with Gasteiger partial charge in [0, 0.05) is 0 Å². The number of halogens is 3. The summed E-state index contributed by atoms with van der Waals surface area (Å²) in [6.45, 7) is 1.90. The van der Waals surface area contributed by atoms with E-state index in [0.29, 0.717) is 4.32 Å². The fourth-order valence-electron chi connectivity index (χ4n) is 1.28. The van der Waals surface area contributed by atoms with Gasteiger partial charge in [-0.1, -0.05) is 24.8 Å². The lowest BCUT2D eigenvalue weighted by Crippen LogP contribution is -2.26. The van der Waals surface area contributed by atoms with Crippen LogP contribution in [0.25, 0.3) is 0 Å². The Morgan fingerprint density at radius 3 is 2.61 bits per heavy atom. The fraction of sp³-hybridized carbons (Fsp3) is 0.364. The lowest BCUT2D eigenvalue weighted by Gasteiger charge is -2.22. The molecular formula is C11H12F3NOS2. The fourth-order valence-corrected chi connectivity index (χ4v) is 2.35. The molecule has 100 valence electrons. The molecule has 0 aliphatic heterocycles. The monoisotopic (exact) mass is 295 g/mol.